The molecule has 3 N–H and O–H groups in total. The molecule has 0 radical (unpaired) electrons. The molecule has 0 saturated heterocycles. The van der Waals surface area contributed by atoms with E-state index in [-0.39, 0.29) is 12.6 Å². The highest BCUT2D eigenvalue weighted by atomic mass is 19.4. The number of ether oxygens (including phenoxy) is 2. The van der Waals surface area contributed by atoms with Gasteiger partial charge in [0.05, 0.1) is 7.11 Å². The summed E-state index contributed by atoms with van der Waals surface area (Å²) in [6.45, 7) is -1.27. The van der Waals surface area contributed by atoms with Crippen molar-refractivity contribution in [3.05, 3.63) is 29.8 Å². The Morgan fingerprint density at radius 3 is 2.37 bits per heavy atom. The third-order valence-corrected chi connectivity index (χ3v) is 2.54. The van der Waals surface area contributed by atoms with E-state index in [1.165, 1.54) is 0 Å². The number of alkyl halides is 3. The average Bonchev–Trinajstić information content (AvgIpc) is 2.38. The Bertz CT molecular complexity index is 368. The highest BCUT2D eigenvalue weighted by Crippen LogP contribution is 2.20. The number of nitrogens with two attached hydrogens (primary N) is 1. The second-order valence-electron chi connectivity index (χ2n) is 3.95. The maximum Gasteiger partial charge on any atom is 0.411 e. The Kier molecular flexibility index (Phi) is 6.07. The molecule has 0 fully saturated rings. The lowest BCUT2D eigenvalue weighted by Gasteiger charge is -2.17. The normalized spacial score (nSPS) is 13.3. The van der Waals surface area contributed by atoms with Gasteiger partial charge in [0.2, 0.25) is 0 Å². The van der Waals surface area contributed by atoms with Gasteiger partial charge < -0.3 is 9.47 Å². The SMILES string of the molecule is COc1ccc(C(CCOCC(F)(F)F)NN)cc1. The molecule has 0 amide bonds. The molecule has 0 aromatic heterocycles. The zero-order valence-electron chi connectivity index (χ0n) is 10.5. The van der Waals surface area contributed by atoms with Crippen LogP contribution in [0.3, 0.4) is 0 Å². The van der Waals surface area contributed by atoms with Crippen LogP contribution < -0.4 is 16.0 Å². The average molecular weight is 278 g/mol. The molecular formula is C12H17F3N2O2. The minimum Gasteiger partial charge on any atom is -0.497 e. The van der Waals surface area contributed by atoms with Crippen molar-refractivity contribution in [2.75, 3.05) is 20.3 Å². The first-order chi connectivity index (χ1) is 8.96. The zero-order chi connectivity index (χ0) is 14.3. The lowest BCUT2D eigenvalue weighted by molar-refractivity contribution is -0.174. The van der Waals surface area contributed by atoms with E-state index in [4.69, 9.17) is 10.6 Å². The number of hydrogen-bond acceptors (Lipinski definition) is 4. The van der Waals surface area contributed by atoms with Gasteiger partial charge in [0.25, 0.3) is 0 Å². The summed E-state index contributed by atoms with van der Waals surface area (Å²) in [5.74, 6) is 6.09. The van der Waals surface area contributed by atoms with Gasteiger partial charge >= 0.3 is 6.18 Å². The Balaban J connectivity index is 2.44. The molecule has 0 bridgehead atoms. The number of rotatable bonds is 7. The molecule has 1 aromatic rings. The fraction of sp³-hybridized carbons (Fsp3) is 0.500. The largest absolute Gasteiger partial charge is 0.497 e. The molecule has 108 valence electrons. The first-order valence-electron chi connectivity index (χ1n) is 5.71. The number of benzene rings is 1. The number of hydrazine groups is 1. The van der Waals surface area contributed by atoms with Gasteiger partial charge in [0, 0.05) is 12.6 Å². The predicted octanol–water partition coefficient (Wildman–Crippen LogP) is 2.17. The molecule has 0 spiro atoms. The molecule has 1 aromatic carbocycles. The highest BCUT2D eigenvalue weighted by Gasteiger charge is 2.27. The second kappa shape index (κ2) is 7.32. The van der Waals surface area contributed by atoms with Gasteiger partial charge in [-0.2, -0.15) is 13.2 Å². The van der Waals surface area contributed by atoms with E-state index in [0.717, 1.165) is 5.56 Å². The summed E-state index contributed by atoms with van der Waals surface area (Å²) < 4.78 is 45.2. The maximum absolute atomic E-state index is 11.9. The topological polar surface area (TPSA) is 56.5 Å². The maximum atomic E-state index is 11.9. The Hall–Kier alpha value is -1.31. The summed E-state index contributed by atoms with van der Waals surface area (Å²) in [7, 11) is 1.55. The van der Waals surface area contributed by atoms with Crippen molar-refractivity contribution < 1.29 is 22.6 Å². The van der Waals surface area contributed by atoms with Crippen LogP contribution in [-0.4, -0.2) is 26.5 Å². The first kappa shape index (κ1) is 15.7. The van der Waals surface area contributed by atoms with Crippen LogP contribution in [0.4, 0.5) is 13.2 Å². The number of methoxy groups -OCH3 is 1. The molecule has 1 atom stereocenters. The summed E-state index contributed by atoms with van der Waals surface area (Å²) in [5.41, 5.74) is 3.41. The molecule has 7 heteroatoms. The molecule has 0 heterocycles. The molecular weight excluding hydrogens is 261 g/mol. The van der Waals surface area contributed by atoms with Crippen molar-refractivity contribution in [1.82, 2.24) is 5.43 Å². The molecule has 0 saturated carbocycles. The third-order valence-electron chi connectivity index (χ3n) is 2.54. The van der Waals surface area contributed by atoms with Gasteiger partial charge in [-0.15, -0.1) is 0 Å². The van der Waals surface area contributed by atoms with E-state index in [0.29, 0.717) is 12.2 Å². The van der Waals surface area contributed by atoms with Crippen molar-refractivity contribution in [2.45, 2.75) is 18.6 Å². The van der Waals surface area contributed by atoms with Crippen LogP contribution in [-0.2, 0) is 4.74 Å². The number of nitrogens with one attached hydrogen (secondary N) is 1. The first-order valence-corrected chi connectivity index (χ1v) is 5.71. The Morgan fingerprint density at radius 2 is 1.89 bits per heavy atom. The Morgan fingerprint density at radius 1 is 1.26 bits per heavy atom. The fourth-order valence-electron chi connectivity index (χ4n) is 1.57. The van der Waals surface area contributed by atoms with E-state index < -0.39 is 12.8 Å². The zero-order valence-corrected chi connectivity index (χ0v) is 10.5. The van der Waals surface area contributed by atoms with E-state index in [1.807, 2.05) is 0 Å². The molecule has 0 aliphatic rings. The predicted molar refractivity (Wildman–Crippen MR) is 64.5 cm³/mol. The Labute approximate surface area is 109 Å². The second-order valence-corrected chi connectivity index (χ2v) is 3.95. The van der Waals surface area contributed by atoms with Crippen LogP contribution in [0, 0.1) is 0 Å². The van der Waals surface area contributed by atoms with Crippen LogP contribution in [0.5, 0.6) is 5.75 Å². The van der Waals surface area contributed by atoms with Gasteiger partial charge in [0.1, 0.15) is 12.4 Å². The highest BCUT2D eigenvalue weighted by molar-refractivity contribution is 5.29. The monoisotopic (exact) mass is 278 g/mol. The minimum atomic E-state index is -4.30. The van der Waals surface area contributed by atoms with Crippen molar-refractivity contribution in [2.24, 2.45) is 5.84 Å². The van der Waals surface area contributed by atoms with Crippen LogP contribution >= 0.6 is 0 Å². The summed E-state index contributed by atoms with van der Waals surface area (Å²) >= 11 is 0. The van der Waals surface area contributed by atoms with Crippen LogP contribution in [0.25, 0.3) is 0 Å². The van der Waals surface area contributed by atoms with Crippen molar-refractivity contribution >= 4 is 0 Å². The molecule has 19 heavy (non-hydrogen) atoms. The summed E-state index contributed by atoms with van der Waals surface area (Å²) in [5, 5.41) is 0. The smallest absolute Gasteiger partial charge is 0.411 e. The summed E-state index contributed by atoms with van der Waals surface area (Å²) in [4.78, 5) is 0. The molecule has 1 rings (SSSR count). The van der Waals surface area contributed by atoms with E-state index >= 15 is 0 Å². The van der Waals surface area contributed by atoms with Gasteiger partial charge in [-0.05, 0) is 24.1 Å². The number of halogens is 3. The van der Waals surface area contributed by atoms with Gasteiger partial charge in [-0.1, -0.05) is 12.1 Å². The molecule has 4 nitrogen and oxygen atoms in total. The van der Waals surface area contributed by atoms with Crippen LogP contribution in [0.2, 0.25) is 0 Å². The van der Waals surface area contributed by atoms with Gasteiger partial charge in [-0.25, -0.2) is 0 Å². The fourth-order valence-corrected chi connectivity index (χ4v) is 1.57. The summed E-state index contributed by atoms with van der Waals surface area (Å²) in [6, 6.07) is 6.85. The van der Waals surface area contributed by atoms with E-state index in [1.54, 1.807) is 31.4 Å². The van der Waals surface area contributed by atoms with Gasteiger partial charge in [-0.3, -0.25) is 11.3 Å². The molecule has 0 aliphatic heterocycles. The lowest BCUT2D eigenvalue weighted by Crippen LogP contribution is -2.29. The standard InChI is InChI=1S/C12H17F3N2O2/c1-18-10-4-2-9(3-5-10)11(17-16)6-7-19-8-12(13,14)15/h2-5,11,17H,6-8,16H2,1H3. The number of hydrogen-bond donors (Lipinski definition) is 2. The third kappa shape index (κ3) is 5.91. The summed E-state index contributed by atoms with van der Waals surface area (Å²) in [6.07, 6.45) is -3.95. The van der Waals surface area contributed by atoms with Crippen LogP contribution in [0.15, 0.2) is 24.3 Å². The minimum absolute atomic E-state index is 0.0274. The lowest BCUT2D eigenvalue weighted by atomic mass is 10.0. The van der Waals surface area contributed by atoms with Crippen molar-refractivity contribution in [3.8, 4) is 5.75 Å². The van der Waals surface area contributed by atoms with Crippen molar-refractivity contribution in [3.63, 3.8) is 0 Å². The van der Waals surface area contributed by atoms with Crippen LogP contribution in [0.1, 0.15) is 18.0 Å². The van der Waals surface area contributed by atoms with E-state index in [9.17, 15) is 13.2 Å². The molecule has 0 aliphatic carbocycles. The van der Waals surface area contributed by atoms with Gasteiger partial charge in [0.15, 0.2) is 0 Å². The van der Waals surface area contributed by atoms with E-state index in [2.05, 4.69) is 10.2 Å². The molecule has 1 unspecified atom stereocenters. The van der Waals surface area contributed by atoms with Crippen molar-refractivity contribution in [1.29, 1.82) is 0 Å². The quantitative estimate of drug-likeness (QED) is 0.456.